The zero-order valence-electron chi connectivity index (χ0n) is 9.71. The smallest absolute Gasteiger partial charge is 0.305 e. The summed E-state index contributed by atoms with van der Waals surface area (Å²) in [6.45, 7) is 5.24. The van der Waals surface area contributed by atoms with Crippen LogP contribution in [0.4, 0.5) is 0 Å². The summed E-state index contributed by atoms with van der Waals surface area (Å²) in [5.41, 5.74) is 0. The second kappa shape index (κ2) is 4.52. The lowest BCUT2D eigenvalue weighted by molar-refractivity contribution is -0.942. The molecule has 0 N–H and O–H groups in total. The van der Waals surface area contributed by atoms with E-state index in [2.05, 4.69) is 4.74 Å². The van der Waals surface area contributed by atoms with Crippen molar-refractivity contribution in [3.05, 3.63) is 0 Å². The van der Waals surface area contributed by atoms with Gasteiger partial charge in [-0.25, -0.2) is 0 Å². The number of rotatable bonds is 4. The summed E-state index contributed by atoms with van der Waals surface area (Å²) < 4.78 is 5.96. The van der Waals surface area contributed by atoms with Crippen LogP contribution in [0.15, 0.2) is 0 Å². The third-order valence-electron chi connectivity index (χ3n) is 4.28. The molecule has 0 aliphatic carbocycles. The molecule has 0 unspecified atom stereocenters. The quantitative estimate of drug-likeness (QED) is 0.522. The Morgan fingerprint density at radius 3 is 2.40 bits per heavy atom. The molecule has 0 spiro atoms. The normalized spacial score (nSPS) is 34.1. The lowest BCUT2D eigenvalue weighted by Gasteiger charge is -2.49. The van der Waals surface area contributed by atoms with Crippen LogP contribution in [0.2, 0.25) is 0 Å². The topological polar surface area (TPSA) is 26.3 Å². The highest BCUT2D eigenvalue weighted by Gasteiger charge is 2.38. The molecule has 0 amide bonds. The van der Waals surface area contributed by atoms with Gasteiger partial charge < -0.3 is 9.22 Å². The number of hydrogen-bond donors (Lipinski definition) is 0. The lowest BCUT2D eigenvalue weighted by atomic mass is 9.85. The predicted molar refractivity (Wildman–Crippen MR) is 58.3 cm³/mol. The van der Waals surface area contributed by atoms with Crippen LogP contribution in [-0.4, -0.2) is 43.7 Å². The minimum absolute atomic E-state index is 0.0555. The van der Waals surface area contributed by atoms with Crippen LogP contribution in [0.25, 0.3) is 0 Å². The number of ether oxygens (including phenoxy) is 1. The van der Waals surface area contributed by atoms with Gasteiger partial charge in [0.15, 0.2) is 0 Å². The maximum absolute atomic E-state index is 11.0. The van der Waals surface area contributed by atoms with Crippen LogP contribution in [0.5, 0.6) is 0 Å². The van der Waals surface area contributed by atoms with Crippen molar-refractivity contribution in [1.29, 1.82) is 0 Å². The first-order valence-electron chi connectivity index (χ1n) is 6.16. The molecule has 3 aliphatic heterocycles. The number of esters is 1. The molecule has 86 valence electrons. The monoisotopic (exact) mass is 212 g/mol. The van der Waals surface area contributed by atoms with Gasteiger partial charge in [-0.1, -0.05) is 0 Å². The second-order valence-corrected chi connectivity index (χ2v) is 5.15. The number of piperidine rings is 3. The Kier molecular flexibility index (Phi) is 3.29. The van der Waals surface area contributed by atoms with Crippen LogP contribution < -0.4 is 0 Å². The van der Waals surface area contributed by atoms with Crippen LogP contribution in [0, 0.1) is 5.92 Å². The van der Waals surface area contributed by atoms with Crippen LogP contribution >= 0.6 is 0 Å². The van der Waals surface area contributed by atoms with Gasteiger partial charge in [0, 0.05) is 6.42 Å². The molecule has 0 aromatic rings. The molecule has 3 saturated heterocycles. The van der Waals surface area contributed by atoms with E-state index in [-0.39, 0.29) is 5.97 Å². The standard InChI is InChI=1S/C12H22NO2/c1-15-12(14)3-2-7-13-8-4-11(5-9-13)6-10-13/h11H,2-10H2,1H3/q+1. The van der Waals surface area contributed by atoms with Gasteiger partial charge in [0.2, 0.25) is 0 Å². The van der Waals surface area contributed by atoms with Gasteiger partial charge in [0.1, 0.15) is 0 Å². The molecule has 0 saturated carbocycles. The van der Waals surface area contributed by atoms with E-state index >= 15 is 0 Å². The highest BCUT2D eigenvalue weighted by Crippen LogP contribution is 2.33. The Bertz CT molecular complexity index is 218. The van der Waals surface area contributed by atoms with Crippen LogP contribution in [0.1, 0.15) is 32.1 Å². The second-order valence-electron chi connectivity index (χ2n) is 5.15. The highest BCUT2D eigenvalue weighted by atomic mass is 16.5. The van der Waals surface area contributed by atoms with Crippen LogP contribution in [0.3, 0.4) is 0 Å². The average Bonchev–Trinajstić information content (AvgIpc) is 2.31. The van der Waals surface area contributed by atoms with Crippen molar-refractivity contribution in [2.75, 3.05) is 33.3 Å². The maximum Gasteiger partial charge on any atom is 0.305 e. The minimum atomic E-state index is -0.0555. The van der Waals surface area contributed by atoms with Crippen molar-refractivity contribution < 1.29 is 14.0 Å². The van der Waals surface area contributed by atoms with Gasteiger partial charge >= 0.3 is 5.97 Å². The number of quaternary nitrogens is 1. The molecular formula is C12H22NO2+. The Morgan fingerprint density at radius 2 is 1.87 bits per heavy atom. The fraction of sp³-hybridized carbons (Fsp3) is 0.917. The van der Waals surface area contributed by atoms with E-state index in [1.54, 1.807) is 0 Å². The summed E-state index contributed by atoms with van der Waals surface area (Å²) in [6.07, 6.45) is 5.84. The Hall–Kier alpha value is -0.570. The minimum Gasteiger partial charge on any atom is -0.469 e. The SMILES string of the molecule is COC(=O)CCC[N+]12CCC(CC1)CC2. The fourth-order valence-electron chi connectivity index (χ4n) is 3.13. The molecule has 3 rings (SSSR count). The number of nitrogens with zero attached hydrogens (tertiary/aromatic N) is 1. The van der Waals surface area contributed by atoms with Crippen molar-refractivity contribution in [2.24, 2.45) is 5.92 Å². The summed E-state index contributed by atoms with van der Waals surface area (Å²) in [6, 6.07) is 0. The molecule has 0 radical (unpaired) electrons. The molecular weight excluding hydrogens is 190 g/mol. The largest absolute Gasteiger partial charge is 0.469 e. The summed E-state index contributed by atoms with van der Waals surface area (Å²) in [4.78, 5) is 11.0. The first-order valence-corrected chi connectivity index (χ1v) is 6.16. The number of hydrogen-bond acceptors (Lipinski definition) is 2. The van der Waals surface area contributed by atoms with Gasteiger partial charge in [0.25, 0.3) is 0 Å². The van der Waals surface area contributed by atoms with E-state index in [4.69, 9.17) is 0 Å². The van der Waals surface area contributed by atoms with Crippen molar-refractivity contribution in [3.63, 3.8) is 0 Å². The molecule has 3 fully saturated rings. The van der Waals surface area contributed by atoms with Crippen molar-refractivity contribution in [3.8, 4) is 0 Å². The molecule has 3 nitrogen and oxygen atoms in total. The van der Waals surface area contributed by atoms with Gasteiger partial charge in [-0.3, -0.25) is 4.79 Å². The van der Waals surface area contributed by atoms with Gasteiger partial charge in [-0.05, 0) is 25.2 Å². The third-order valence-corrected chi connectivity index (χ3v) is 4.28. The summed E-state index contributed by atoms with van der Waals surface area (Å²) >= 11 is 0. The first kappa shape index (κ1) is 10.9. The van der Waals surface area contributed by atoms with E-state index in [1.165, 1.54) is 57.0 Å². The summed E-state index contributed by atoms with van der Waals surface area (Å²) in [5.74, 6) is 0.964. The predicted octanol–water partition coefficient (Wildman–Crippen LogP) is 1.57. The molecule has 2 bridgehead atoms. The lowest BCUT2D eigenvalue weighted by Crippen LogP contribution is -2.58. The van der Waals surface area contributed by atoms with Gasteiger partial charge in [-0.2, -0.15) is 0 Å². The summed E-state index contributed by atoms with van der Waals surface area (Å²) in [5, 5.41) is 0. The highest BCUT2D eigenvalue weighted by molar-refractivity contribution is 5.68. The van der Waals surface area contributed by atoms with E-state index in [1.807, 2.05) is 0 Å². The molecule has 3 heterocycles. The Morgan fingerprint density at radius 1 is 1.27 bits per heavy atom. The molecule has 0 aromatic heterocycles. The van der Waals surface area contributed by atoms with Crippen LogP contribution in [-0.2, 0) is 9.53 Å². The van der Waals surface area contributed by atoms with Crippen molar-refractivity contribution in [2.45, 2.75) is 32.1 Å². The van der Waals surface area contributed by atoms with E-state index in [0.717, 1.165) is 12.3 Å². The average molecular weight is 212 g/mol. The van der Waals surface area contributed by atoms with E-state index in [9.17, 15) is 4.79 Å². The fourth-order valence-corrected chi connectivity index (χ4v) is 3.13. The maximum atomic E-state index is 11.0. The third kappa shape index (κ3) is 2.51. The van der Waals surface area contributed by atoms with E-state index in [0.29, 0.717) is 6.42 Å². The number of methoxy groups -OCH3 is 1. The summed E-state index contributed by atoms with van der Waals surface area (Å²) in [7, 11) is 1.47. The molecule has 15 heavy (non-hydrogen) atoms. The number of carbonyl (C=O) groups is 1. The number of carbonyl (C=O) groups excluding carboxylic acids is 1. The first-order chi connectivity index (χ1) is 7.24. The molecule has 3 heteroatoms. The zero-order valence-corrected chi connectivity index (χ0v) is 9.71. The van der Waals surface area contributed by atoms with Crippen molar-refractivity contribution >= 4 is 5.97 Å². The Labute approximate surface area is 92.0 Å². The molecule has 3 aliphatic rings. The molecule has 0 atom stereocenters. The van der Waals surface area contributed by atoms with Gasteiger partial charge in [-0.15, -0.1) is 0 Å². The number of fused-ring (bicyclic) bond motifs is 3. The zero-order chi connectivity index (χ0) is 10.7. The van der Waals surface area contributed by atoms with Gasteiger partial charge in [0.05, 0.1) is 39.7 Å². The molecule has 0 aromatic carbocycles. The van der Waals surface area contributed by atoms with Crippen molar-refractivity contribution in [1.82, 2.24) is 0 Å². The Balaban J connectivity index is 1.75. The van der Waals surface area contributed by atoms with E-state index < -0.39 is 0 Å².